The Balaban J connectivity index is 1.59. The summed E-state index contributed by atoms with van der Waals surface area (Å²) in [5, 5.41) is 2.91. The van der Waals surface area contributed by atoms with Gasteiger partial charge in [0.2, 0.25) is 0 Å². The average molecular weight is 295 g/mol. The zero-order chi connectivity index (χ0) is 15.4. The Morgan fingerprint density at radius 2 is 2.05 bits per heavy atom. The summed E-state index contributed by atoms with van der Waals surface area (Å²) in [6.07, 6.45) is 4.49. The molecule has 0 saturated heterocycles. The zero-order valence-corrected chi connectivity index (χ0v) is 12.3. The third-order valence-corrected chi connectivity index (χ3v) is 3.50. The Kier molecular flexibility index (Phi) is 4.05. The van der Waals surface area contributed by atoms with Gasteiger partial charge in [0.15, 0.2) is 0 Å². The Morgan fingerprint density at radius 3 is 2.82 bits per heavy atom. The number of imidazole rings is 1. The highest BCUT2D eigenvalue weighted by atomic mass is 16.5. The molecule has 112 valence electrons. The molecule has 0 aliphatic heterocycles. The van der Waals surface area contributed by atoms with Crippen LogP contribution in [0.2, 0.25) is 0 Å². The van der Waals surface area contributed by atoms with E-state index < -0.39 is 0 Å². The standard InChI is InChI=1S/C17H17N3O2/c1-22-15-7-5-13(6-8-15)17(21)18-10-9-16-19-12-14-4-2-3-11-20(14)16/h2-8,11-12H,9-10H2,1H3,(H,18,21). The number of ether oxygens (including phenoxy) is 1. The summed E-state index contributed by atoms with van der Waals surface area (Å²) in [5.41, 5.74) is 1.67. The molecule has 0 unspecified atom stereocenters. The highest BCUT2D eigenvalue weighted by Gasteiger charge is 2.07. The van der Waals surface area contributed by atoms with Crippen molar-refractivity contribution in [2.45, 2.75) is 6.42 Å². The topological polar surface area (TPSA) is 55.6 Å². The summed E-state index contributed by atoms with van der Waals surface area (Å²) in [7, 11) is 1.60. The molecule has 1 amide bonds. The van der Waals surface area contributed by atoms with Crippen molar-refractivity contribution in [3.63, 3.8) is 0 Å². The van der Waals surface area contributed by atoms with Gasteiger partial charge in [0.1, 0.15) is 11.6 Å². The van der Waals surface area contributed by atoms with Gasteiger partial charge in [0.05, 0.1) is 18.8 Å². The Morgan fingerprint density at radius 1 is 1.23 bits per heavy atom. The van der Waals surface area contributed by atoms with Gasteiger partial charge < -0.3 is 14.5 Å². The van der Waals surface area contributed by atoms with Crippen LogP contribution in [0.15, 0.2) is 54.9 Å². The third kappa shape index (κ3) is 2.93. The molecule has 22 heavy (non-hydrogen) atoms. The quantitative estimate of drug-likeness (QED) is 0.786. The van der Waals surface area contributed by atoms with E-state index >= 15 is 0 Å². The molecule has 0 spiro atoms. The molecule has 2 aromatic heterocycles. The molecule has 5 nitrogen and oxygen atoms in total. The van der Waals surface area contributed by atoms with E-state index in [-0.39, 0.29) is 5.91 Å². The number of hydrogen-bond acceptors (Lipinski definition) is 3. The predicted octanol–water partition coefficient (Wildman–Crippen LogP) is 2.32. The highest BCUT2D eigenvalue weighted by molar-refractivity contribution is 5.94. The van der Waals surface area contributed by atoms with E-state index in [0.29, 0.717) is 18.5 Å². The number of carbonyl (C=O) groups excluding carboxylic acids is 1. The summed E-state index contributed by atoms with van der Waals surface area (Å²) < 4.78 is 7.10. The van der Waals surface area contributed by atoms with Crippen LogP contribution in [-0.4, -0.2) is 28.9 Å². The molecule has 3 aromatic rings. The van der Waals surface area contributed by atoms with Crippen molar-refractivity contribution < 1.29 is 9.53 Å². The Hall–Kier alpha value is -2.82. The summed E-state index contributed by atoms with van der Waals surface area (Å²) in [5.74, 6) is 1.58. The molecule has 0 fully saturated rings. The average Bonchev–Trinajstić information content (AvgIpc) is 2.98. The molecule has 2 heterocycles. The van der Waals surface area contributed by atoms with Crippen molar-refractivity contribution in [2.75, 3.05) is 13.7 Å². The number of methoxy groups -OCH3 is 1. The minimum absolute atomic E-state index is 0.0940. The predicted molar refractivity (Wildman–Crippen MR) is 84.2 cm³/mol. The molecule has 0 radical (unpaired) electrons. The second kappa shape index (κ2) is 6.30. The van der Waals surface area contributed by atoms with Crippen LogP contribution >= 0.6 is 0 Å². The maximum Gasteiger partial charge on any atom is 0.251 e. The van der Waals surface area contributed by atoms with Gasteiger partial charge in [-0.05, 0) is 36.4 Å². The number of aromatic nitrogens is 2. The molecule has 0 aliphatic rings. The monoisotopic (exact) mass is 295 g/mol. The second-order valence-electron chi connectivity index (χ2n) is 4.90. The maximum absolute atomic E-state index is 12.1. The van der Waals surface area contributed by atoms with Crippen LogP contribution in [0.1, 0.15) is 16.2 Å². The van der Waals surface area contributed by atoms with E-state index in [1.54, 1.807) is 31.4 Å². The molecule has 5 heteroatoms. The first kappa shape index (κ1) is 14.1. The van der Waals surface area contributed by atoms with E-state index in [4.69, 9.17) is 4.74 Å². The lowest BCUT2D eigenvalue weighted by atomic mass is 10.2. The number of amides is 1. The number of nitrogens with zero attached hydrogens (tertiary/aromatic N) is 2. The number of carbonyl (C=O) groups is 1. The molecular weight excluding hydrogens is 278 g/mol. The zero-order valence-electron chi connectivity index (χ0n) is 12.3. The van der Waals surface area contributed by atoms with Gasteiger partial charge in [-0.2, -0.15) is 0 Å². The summed E-state index contributed by atoms with van der Waals surface area (Å²) >= 11 is 0. The molecule has 0 saturated carbocycles. The molecule has 1 aromatic carbocycles. The van der Waals surface area contributed by atoms with Crippen LogP contribution in [-0.2, 0) is 6.42 Å². The van der Waals surface area contributed by atoms with Gasteiger partial charge >= 0.3 is 0 Å². The van der Waals surface area contributed by atoms with Crippen molar-refractivity contribution in [3.8, 4) is 5.75 Å². The van der Waals surface area contributed by atoms with E-state index in [9.17, 15) is 4.79 Å². The number of nitrogens with one attached hydrogen (secondary N) is 1. The van der Waals surface area contributed by atoms with E-state index in [1.165, 1.54) is 0 Å². The highest BCUT2D eigenvalue weighted by Crippen LogP contribution is 2.11. The van der Waals surface area contributed by atoms with Crippen molar-refractivity contribution in [1.82, 2.24) is 14.7 Å². The minimum atomic E-state index is -0.0940. The van der Waals surface area contributed by atoms with E-state index in [0.717, 1.165) is 17.1 Å². The molecule has 3 rings (SSSR count). The summed E-state index contributed by atoms with van der Waals surface area (Å²) in [4.78, 5) is 16.4. The lowest BCUT2D eigenvalue weighted by molar-refractivity contribution is 0.0954. The fourth-order valence-corrected chi connectivity index (χ4v) is 2.32. The first-order chi connectivity index (χ1) is 10.8. The fourth-order valence-electron chi connectivity index (χ4n) is 2.32. The molecular formula is C17H17N3O2. The van der Waals surface area contributed by atoms with Gasteiger partial charge in [-0.1, -0.05) is 6.07 Å². The largest absolute Gasteiger partial charge is 0.497 e. The number of hydrogen-bond donors (Lipinski definition) is 1. The molecule has 0 atom stereocenters. The minimum Gasteiger partial charge on any atom is -0.497 e. The van der Waals surface area contributed by atoms with Crippen LogP contribution in [0.3, 0.4) is 0 Å². The Bertz CT molecular complexity index is 778. The fraction of sp³-hybridized carbons (Fsp3) is 0.176. The molecule has 0 bridgehead atoms. The Labute approximate surface area is 128 Å². The second-order valence-corrected chi connectivity index (χ2v) is 4.90. The van der Waals surface area contributed by atoms with Crippen LogP contribution in [0.25, 0.3) is 5.52 Å². The maximum atomic E-state index is 12.1. The molecule has 0 aliphatic carbocycles. The van der Waals surface area contributed by atoms with Crippen molar-refractivity contribution in [2.24, 2.45) is 0 Å². The summed E-state index contributed by atoms with van der Waals surface area (Å²) in [6.45, 7) is 0.541. The third-order valence-electron chi connectivity index (χ3n) is 3.50. The summed E-state index contributed by atoms with van der Waals surface area (Å²) in [6, 6.07) is 13.0. The number of rotatable bonds is 5. The van der Waals surface area contributed by atoms with Crippen molar-refractivity contribution in [1.29, 1.82) is 0 Å². The van der Waals surface area contributed by atoms with Gasteiger partial charge in [0.25, 0.3) is 5.91 Å². The lowest BCUT2D eigenvalue weighted by Crippen LogP contribution is -2.26. The normalized spacial score (nSPS) is 10.6. The van der Waals surface area contributed by atoms with Gasteiger partial charge in [-0.25, -0.2) is 4.98 Å². The van der Waals surface area contributed by atoms with Crippen LogP contribution in [0.4, 0.5) is 0 Å². The van der Waals surface area contributed by atoms with Crippen LogP contribution in [0.5, 0.6) is 5.75 Å². The van der Waals surface area contributed by atoms with Gasteiger partial charge in [-0.15, -0.1) is 0 Å². The number of benzene rings is 1. The van der Waals surface area contributed by atoms with Crippen molar-refractivity contribution >= 4 is 11.4 Å². The number of fused-ring (bicyclic) bond motifs is 1. The first-order valence-corrected chi connectivity index (χ1v) is 7.11. The number of pyridine rings is 1. The van der Waals surface area contributed by atoms with Crippen LogP contribution < -0.4 is 10.1 Å². The first-order valence-electron chi connectivity index (χ1n) is 7.11. The van der Waals surface area contributed by atoms with Crippen LogP contribution in [0, 0.1) is 0 Å². The van der Waals surface area contributed by atoms with E-state index in [1.807, 2.05) is 35.0 Å². The smallest absolute Gasteiger partial charge is 0.251 e. The van der Waals surface area contributed by atoms with Crippen molar-refractivity contribution in [3.05, 3.63) is 66.2 Å². The SMILES string of the molecule is COc1ccc(C(=O)NCCc2ncc3ccccn23)cc1. The van der Waals surface area contributed by atoms with E-state index in [2.05, 4.69) is 10.3 Å². The lowest BCUT2D eigenvalue weighted by Gasteiger charge is -2.06. The van der Waals surface area contributed by atoms with Gasteiger partial charge in [-0.3, -0.25) is 4.79 Å². The van der Waals surface area contributed by atoms with Gasteiger partial charge in [0, 0.05) is 24.7 Å². The molecule has 1 N–H and O–H groups in total.